The highest BCUT2D eigenvalue weighted by Crippen LogP contribution is 2.52. The lowest BCUT2D eigenvalue weighted by molar-refractivity contribution is 0.619. The Labute approximate surface area is 253 Å². The van der Waals surface area contributed by atoms with E-state index >= 15 is 0 Å². The Hall–Kier alpha value is -5.60. The summed E-state index contributed by atoms with van der Waals surface area (Å²) in [5.41, 5.74) is 11.4. The molecule has 2 unspecified atom stereocenters. The van der Waals surface area contributed by atoms with Crippen molar-refractivity contribution in [3.8, 4) is 0 Å². The number of benzene rings is 6. The van der Waals surface area contributed by atoms with Gasteiger partial charge in [-0.2, -0.15) is 0 Å². The van der Waals surface area contributed by atoms with E-state index in [2.05, 4.69) is 133 Å². The second-order valence-electron chi connectivity index (χ2n) is 12.0. The first-order chi connectivity index (χ1) is 21.8. The van der Waals surface area contributed by atoms with Gasteiger partial charge in [0.1, 0.15) is 22.3 Å². The van der Waals surface area contributed by atoms with Gasteiger partial charge in [0.2, 0.25) is 0 Å². The summed E-state index contributed by atoms with van der Waals surface area (Å²) in [6.45, 7) is 0. The maximum atomic E-state index is 6.83. The molecule has 206 valence electrons. The maximum absolute atomic E-state index is 6.83. The second kappa shape index (κ2) is 8.95. The SMILES string of the molecule is C1=CC2=C(c3cccc4ccccc34)c3ccccc3C(c3cccc4c3oc3cc5c(cc34)oc3ccccc35)C2C=C1. The van der Waals surface area contributed by atoms with Crippen LogP contribution in [0.4, 0.5) is 0 Å². The minimum Gasteiger partial charge on any atom is -0.456 e. The Kier molecular flexibility index (Phi) is 4.86. The summed E-state index contributed by atoms with van der Waals surface area (Å²) >= 11 is 0. The van der Waals surface area contributed by atoms with Crippen LogP contribution in [0.2, 0.25) is 0 Å². The average molecular weight is 563 g/mol. The van der Waals surface area contributed by atoms with E-state index in [4.69, 9.17) is 8.83 Å². The van der Waals surface area contributed by atoms with Crippen molar-refractivity contribution in [2.45, 2.75) is 5.92 Å². The molecule has 2 atom stereocenters. The Morgan fingerprint density at radius 1 is 0.477 bits per heavy atom. The average Bonchev–Trinajstić information content (AvgIpc) is 3.63. The largest absolute Gasteiger partial charge is 0.456 e. The van der Waals surface area contributed by atoms with E-state index in [0.717, 1.165) is 43.9 Å². The summed E-state index contributed by atoms with van der Waals surface area (Å²) in [4.78, 5) is 0. The van der Waals surface area contributed by atoms with Gasteiger partial charge >= 0.3 is 0 Å². The number of hydrogen-bond donors (Lipinski definition) is 0. The lowest BCUT2D eigenvalue weighted by atomic mass is 9.66. The first-order valence-corrected chi connectivity index (χ1v) is 15.3. The van der Waals surface area contributed by atoms with Crippen molar-refractivity contribution < 1.29 is 8.83 Å². The van der Waals surface area contributed by atoms with Gasteiger partial charge in [0.05, 0.1) is 0 Å². The summed E-state index contributed by atoms with van der Waals surface area (Å²) < 4.78 is 13.1. The van der Waals surface area contributed by atoms with Crippen LogP contribution < -0.4 is 0 Å². The van der Waals surface area contributed by atoms with E-state index in [-0.39, 0.29) is 11.8 Å². The third-order valence-corrected chi connectivity index (χ3v) is 9.70. The monoisotopic (exact) mass is 562 g/mol. The summed E-state index contributed by atoms with van der Waals surface area (Å²) in [5, 5.41) is 6.95. The van der Waals surface area contributed by atoms with Crippen molar-refractivity contribution in [3.63, 3.8) is 0 Å². The van der Waals surface area contributed by atoms with Crippen LogP contribution in [0, 0.1) is 5.92 Å². The van der Waals surface area contributed by atoms with Gasteiger partial charge in [0, 0.05) is 38.9 Å². The molecule has 0 aliphatic heterocycles. The van der Waals surface area contributed by atoms with Gasteiger partial charge < -0.3 is 8.83 Å². The quantitative estimate of drug-likeness (QED) is 0.209. The van der Waals surface area contributed by atoms with Crippen LogP contribution in [-0.4, -0.2) is 0 Å². The molecule has 2 aromatic heterocycles. The number of para-hydroxylation sites is 2. The normalized spacial score (nSPS) is 17.7. The van der Waals surface area contributed by atoms with Gasteiger partial charge in [-0.3, -0.25) is 0 Å². The van der Waals surface area contributed by atoms with Crippen molar-refractivity contribution >= 4 is 60.2 Å². The van der Waals surface area contributed by atoms with Crippen molar-refractivity contribution in [1.29, 1.82) is 0 Å². The minimum atomic E-state index is 0.106. The molecule has 0 saturated heterocycles. The first kappa shape index (κ1) is 23.9. The van der Waals surface area contributed by atoms with E-state index in [1.807, 2.05) is 12.1 Å². The standard InChI is InChI=1S/C42H26O2/c1-2-13-26-25(11-1)12-9-19-28(26)40-29-15-3-5-17-31(29)41(32-18-6-4-16-30(32)40)34-21-10-20-33-36-24-38-35(23-39(36)44-42(33)34)27-14-7-8-22-37(27)43-38/h1-24,31,41H. The molecule has 10 rings (SSSR count). The molecular weight excluding hydrogens is 536 g/mol. The number of hydrogen-bond acceptors (Lipinski definition) is 2. The van der Waals surface area contributed by atoms with Crippen molar-refractivity contribution in [3.05, 3.63) is 173 Å². The second-order valence-corrected chi connectivity index (χ2v) is 12.0. The molecule has 2 aliphatic rings. The van der Waals surface area contributed by atoms with E-state index in [1.165, 1.54) is 44.2 Å². The fraction of sp³-hybridized carbons (Fsp3) is 0.0476. The zero-order valence-electron chi connectivity index (χ0n) is 23.8. The van der Waals surface area contributed by atoms with Crippen LogP contribution in [0.3, 0.4) is 0 Å². The smallest absolute Gasteiger partial charge is 0.139 e. The topological polar surface area (TPSA) is 26.3 Å². The number of rotatable bonds is 2. The first-order valence-electron chi connectivity index (χ1n) is 15.3. The van der Waals surface area contributed by atoms with Crippen molar-refractivity contribution in [2.75, 3.05) is 0 Å². The Morgan fingerprint density at radius 2 is 1.16 bits per heavy atom. The van der Waals surface area contributed by atoms with Crippen LogP contribution in [0.5, 0.6) is 0 Å². The molecule has 0 N–H and O–H groups in total. The summed E-state index contributed by atoms with van der Waals surface area (Å²) in [5.74, 6) is 0.275. The van der Waals surface area contributed by atoms with E-state index in [0.29, 0.717) is 0 Å². The molecule has 2 aliphatic carbocycles. The van der Waals surface area contributed by atoms with Crippen LogP contribution in [0.1, 0.15) is 28.2 Å². The molecule has 6 aromatic carbocycles. The minimum absolute atomic E-state index is 0.106. The molecule has 2 heterocycles. The van der Waals surface area contributed by atoms with Crippen LogP contribution >= 0.6 is 0 Å². The van der Waals surface area contributed by atoms with Gasteiger partial charge in [-0.05, 0) is 56.8 Å². The summed E-state index contributed by atoms with van der Waals surface area (Å²) in [7, 11) is 0. The highest BCUT2D eigenvalue weighted by atomic mass is 16.3. The van der Waals surface area contributed by atoms with Gasteiger partial charge in [0.15, 0.2) is 0 Å². The maximum Gasteiger partial charge on any atom is 0.139 e. The molecule has 0 spiro atoms. The zero-order chi connectivity index (χ0) is 28.8. The molecule has 8 aromatic rings. The number of allylic oxidation sites excluding steroid dienone is 5. The van der Waals surface area contributed by atoms with E-state index < -0.39 is 0 Å². The molecule has 0 bridgehead atoms. The third kappa shape index (κ3) is 3.25. The Balaban J connectivity index is 1.24. The molecule has 0 amide bonds. The van der Waals surface area contributed by atoms with Crippen molar-refractivity contribution in [1.82, 2.24) is 0 Å². The predicted octanol–water partition coefficient (Wildman–Crippen LogP) is 11.3. The van der Waals surface area contributed by atoms with Crippen LogP contribution in [-0.2, 0) is 0 Å². The fourth-order valence-electron chi connectivity index (χ4n) is 7.83. The summed E-state index contributed by atoms with van der Waals surface area (Å²) in [6.07, 6.45) is 9.09. The zero-order valence-corrected chi connectivity index (χ0v) is 23.8. The highest BCUT2D eigenvalue weighted by molar-refractivity contribution is 6.15. The van der Waals surface area contributed by atoms with Gasteiger partial charge in [0.25, 0.3) is 0 Å². The lowest BCUT2D eigenvalue weighted by Crippen LogP contribution is -2.23. The Bertz CT molecular complexity index is 2560. The Morgan fingerprint density at radius 3 is 2.11 bits per heavy atom. The molecule has 0 saturated carbocycles. The van der Waals surface area contributed by atoms with Crippen LogP contribution in [0.15, 0.2) is 160 Å². The molecule has 44 heavy (non-hydrogen) atoms. The number of fused-ring (bicyclic) bond motifs is 9. The fourth-order valence-corrected chi connectivity index (χ4v) is 7.83. The van der Waals surface area contributed by atoms with Crippen LogP contribution in [0.25, 0.3) is 60.2 Å². The third-order valence-electron chi connectivity index (χ3n) is 9.70. The molecule has 0 fully saturated rings. The van der Waals surface area contributed by atoms with Crippen molar-refractivity contribution in [2.24, 2.45) is 5.92 Å². The molecular formula is C42H26O2. The predicted molar refractivity (Wildman–Crippen MR) is 181 cm³/mol. The summed E-state index contributed by atoms with van der Waals surface area (Å²) in [6, 6.07) is 43.5. The lowest BCUT2D eigenvalue weighted by Gasteiger charge is -2.37. The highest BCUT2D eigenvalue weighted by Gasteiger charge is 2.37. The van der Waals surface area contributed by atoms with E-state index in [1.54, 1.807) is 0 Å². The van der Waals surface area contributed by atoms with Gasteiger partial charge in [-0.1, -0.05) is 127 Å². The molecule has 0 radical (unpaired) electrons. The van der Waals surface area contributed by atoms with E-state index in [9.17, 15) is 0 Å². The molecule has 2 nitrogen and oxygen atoms in total. The van der Waals surface area contributed by atoms with Gasteiger partial charge in [-0.25, -0.2) is 0 Å². The molecule has 2 heteroatoms. The van der Waals surface area contributed by atoms with Gasteiger partial charge in [-0.15, -0.1) is 0 Å². The number of furan rings is 2.